The highest BCUT2D eigenvalue weighted by Crippen LogP contribution is 2.06. The molecule has 2 heterocycles. The molecule has 2 aromatic rings. The molecule has 0 saturated carbocycles. The van der Waals surface area contributed by atoms with E-state index in [1.807, 2.05) is 6.92 Å². The topological polar surface area (TPSA) is 84.0 Å². The molecule has 0 aliphatic carbocycles. The van der Waals surface area contributed by atoms with E-state index in [0.29, 0.717) is 17.8 Å². The Morgan fingerprint density at radius 2 is 2.05 bits per heavy atom. The highest BCUT2D eigenvalue weighted by molar-refractivity contribution is 6.03. The van der Waals surface area contributed by atoms with Gasteiger partial charge in [-0.3, -0.25) is 14.4 Å². The number of aromatic nitrogens is 2. The average molecular weight is 259 g/mol. The van der Waals surface area contributed by atoms with Gasteiger partial charge in [0, 0.05) is 31.1 Å². The van der Waals surface area contributed by atoms with Gasteiger partial charge < -0.3 is 14.9 Å². The van der Waals surface area contributed by atoms with Crippen LogP contribution in [0, 0.1) is 0 Å². The fourth-order valence-electron chi connectivity index (χ4n) is 1.61. The molecular formula is C13H13N3O3. The maximum absolute atomic E-state index is 11.9. The first-order valence-electron chi connectivity index (χ1n) is 5.80. The Labute approximate surface area is 108 Å². The van der Waals surface area contributed by atoms with Crippen molar-refractivity contribution < 1.29 is 4.79 Å². The lowest BCUT2D eigenvalue weighted by Crippen LogP contribution is -2.20. The van der Waals surface area contributed by atoms with Crippen molar-refractivity contribution in [2.75, 3.05) is 5.32 Å². The second-order valence-corrected chi connectivity index (χ2v) is 3.94. The van der Waals surface area contributed by atoms with Gasteiger partial charge in [-0.05, 0) is 19.1 Å². The highest BCUT2D eigenvalue weighted by Gasteiger charge is 2.06. The molecule has 0 saturated heterocycles. The third-order valence-electron chi connectivity index (χ3n) is 2.63. The van der Waals surface area contributed by atoms with Crippen LogP contribution < -0.4 is 16.4 Å². The molecule has 0 aliphatic rings. The van der Waals surface area contributed by atoms with E-state index in [0.717, 1.165) is 0 Å². The van der Waals surface area contributed by atoms with Gasteiger partial charge in [0.2, 0.25) is 5.56 Å². The normalized spacial score (nSPS) is 10.2. The summed E-state index contributed by atoms with van der Waals surface area (Å²) in [6, 6.07) is 5.65. The summed E-state index contributed by atoms with van der Waals surface area (Å²) < 4.78 is 1.49. The summed E-state index contributed by atoms with van der Waals surface area (Å²) in [4.78, 5) is 36.6. The lowest BCUT2D eigenvalue weighted by molar-refractivity contribution is 0.102. The fourth-order valence-corrected chi connectivity index (χ4v) is 1.61. The molecule has 0 fully saturated rings. The van der Waals surface area contributed by atoms with Crippen LogP contribution >= 0.6 is 0 Å². The number of anilines is 1. The van der Waals surface area contributed by atoms with Gasteiger partial charge in [-0.1, -0.05) is 0 Å². The van der Waals surface area contributed by atoms with Crippen LogP contribution in [0.4, 0.5) is 5.69 Å². The maximum Gasteiger partial charge on any atom is 0.257 e. The third-order valence-corrected chi connectivity index (χ3v) is 2.63. The van der Waals surface area contributed by atoms with Crippen LogP contribution in [0.5, 0.6) is 0 Å². The monoisotopic (exact) mass is 259 g/mol. The quantitative estimate of drug-likeness (QED) is 0.855. The standard InChI is InChI=1S/C13H13N3O3/c1-2-16-8-10(4-6-12(16)18)15-13(19)9-3-5-11(17)14-7-9/h3-8H,2H2,1H3,(H,14,17)(H,15,19). The van der Waals surface area contributed by atoms with Gasteiger partial charge in [-0.25, -0.2) is 0 Å². The number of H-pyrrole nitrogens is 1. The van der Waals surface area contributed by atoms with Crippen LogP contribution in [0.2, 0.25) is 0 Å². The number of aryl methyl sites for hydroxylation is 1. The van der Waals surface area contributed by atoms with E-state index in [4.69, 9.17) is 0 Å². The van der Waals surface area contributed by atoms with Crippen molar-refractivity contribution in [3.8, 4) is 0 Å². The Hall–Kier alpha value is -2.63. The number of carbonyl (C=O) groups is 1. The number of hydrogen-bond donors (Lipinski definition) is 2. The van der Waals surface area contributed by atoms with E-state index >= 15 is 0 Å². The van der Waals surface area contributed by atoms with Crippen LogP contribution in [0.15, 0.2) is 46.2 Å². The summed E-state index contributed by atoms with van der Waals surface area (Å²) in [5.41, 5.74) is 0.479. The number of nitrogens with zero attached hydrogens (tertiary/aromatic N) is 1. The van der Waals surface area contributed by atoms with Gasteiger partial charge in [0.25, 0.3) is 11.5 Å². The van der Waals surface area contributed by atoms with Crippen molar-refractivity contribution in [3.05, 3.63) is 62.9 Å². The van der Waals surface area contributed by atoms with E-state index in [2.05, 4.69) is 10.3 Å². The van der Waals surface area contributed by atoms with Crippen molar-refractivity contribution in [2.24, 2.45) is 0 Å². The van der Waals surface area contributed by atoms with E-state index < -0.39 is 0 Å². The zero-order chi connectivity index (χ0) is 13.8. The van der Waals surface area contributed by atoms with Crippen molar-refractivity contribution >= 4 is 11.6 Å². The van der Waals surface area contributed by atoms with E-state index in [1.165, 1.54) is 35.0 Å². The van der Waals surface area contributed by atoms with Gasteiger partial charge in [0.15, 0.2) is 0 Å². The first-order valence-corrected chi connectivity index (χ1v) is 5.80. The molecule has 2 N–H and O–H groups in total. The molecule has 98 valence electrons. The molecule has 2 rings (SSSR count). The largest absolute Gasteiger partial charge is 0.328 e. The number of aromatic amines is 1. The lowest BCUT2D eigenvalue weighted by atomic mass is 10.2. The van der Waals surface area contributed by atoms with E-state index in [9.17, 15) is 14.4 Å². The number of carbonyl (C=O) groups excluding carboxylic acids is 1. The molecule has 0 spiro atoms. The van der Waals surface area contributed by atoms with Crippen LogP contribution in [0.3, 0.4) is 0 Å². The fraction of sp³-hybridized carbons (Fsp3) is 0.154. The second-order valence-electron chi connectivity index (χ2n) is 3.94. The van der Waals surface area contributed by atoms with Crippen molar-refractivity contribution in [3.63, 3.8) is 0 Å². The average Bonchev–Trinajstić information content (AvgIpc) is 2.41. The summed E-state index contributed by atoms with van der Waals surface area (Å²) in [6.07, 6.45) is 2.92. The minimum Gasteiger partial charge on any atom is -0.328 e. The molecule has 6 nitrogen and oxygen atoms in total. The molecule has 1 amide bonds. The molecule has 0 unspecified atom stereocenters. The van der Waals surface area contributed by atoms with E-state index in [-0.39, 0.29) is 17.0 Å². The molecular weight excluding hydrogens is 246 g/mol. The molecule has 0 aromatic carbocycles. The number of amides is 1. The SMILES string of the molecule is CCn1cc(NC(=O)c2ccc(=O)[nH]c2)ccc1=O. The summed E-state index contributed by atoms with van der Waals surface area (Å²) in [5.74, 6) is -0.349. The smallest absolute Gasteiger partial charge is 0.257 e. The van der Waals surface area contributed by atoms with Crippen LogP contribution in [0.1, 0.15) is 17.3 Å². The molecule has 0 atom stereocenters. The van der Waals surface area contributed by atoms with Crippen molar-refractivity contribution in [1.82, 2.24) is 9.55 Å². The van der Waals surface area contributed by atoms with Gasteiger partial charge in [-0.15, -0.1) is 0 Å². The van der Waals surface area contributed by atoms with E-state index in [1.54, 1.807) is 6.20 Å². The highest BCUT2D eigenvalue weighted by atomic mass is 16.2. The first kappa shape index (κ1) is 12.8. The zero-order valence-electron chi connectivity index (χ0n) is 10.3. The summed E-state index contributed by atoms with van der Waals surface area (Å²) in [6.45, 7) is 2.37. The molecule has 0 bridgehead atoms. The summed E-state index contributed by atoms with van der Waals surface area (Å²) in [5, 5.41) is 2.66. The Balaban J connectivity index is 2.21. The van der Waals surface area contributed by atoms with Crippen LogP contribution in [-0.4, -0.2) is 15.5 Å². The minimum atomic E-state index is -0.349. The lowest BCUT2D eigenvalue weighted by Gasteiger charge is -2.07. The number of pyridine rings is 2. The molecule has 0 radical (unpaired) electrons. The Morgan fingerprint density at radius 1 is 1.26 bits per heavy atom. The maximum atomic E-state index is 11.9. The second kappa shape index (κ2) is 5.34. The van der Waals surface area contributed by atoms with Crippen molar-refractivity contribution in [1.29, 1.82) is 0 Å². The molecule has 6 heteroatoms. The first-order chi connectivity index (χ1) is 9.10. The predicted molar refractivity (Wildman–Crippen MR) is 71.4 cm³/mol. The molecule has 19 heavy (non-hydrogen) atoms. The van der Waals surface area contributed by atoms with Crippen molar-refractivity contribution in [2.45, 2.75) is 13.5 Å². The summed E-state index contributed by atoms with van der Waals surface area (Å²) in [7, 11) is 0. The minimum absolute atomic E-state index is 0.121. The number of hydrogen-bond acceptors (Lipinski definition) is 3. The van der Waals surface area contributed by atoms with Gasteiger partial charge in [0.05, 0.1) is 11.3 Å². The Bertz CT molecular complexity index is 695. The van der Waals surface area contributed by atoms with Crippen LogP contribution in [0.25, 0.3) is 0 Å². The molecule has 0 aliphatic heterocycles. The van der Waals surface area contributed by atoms with Gasteiger partial charge in [-0.2, -0.15) is 0 Å². The number of rotatable bonds is 3. The van der Waals surface area contributed by atoms with Gasteiger partial charge in [0.1, 0.15) is 0 Å². The zero-order valence-corrected chi connectivity index (χ0v) is 10.3. The third kappa shape index (κ3) is 2.98. The summed E-state index contributed by atoms with van der Waals surface area (Å²) >= 11 is 0. The number of nitrogens with one attached hydrogen (secondary N) is 2. The van der Waals surface area contributed by atoms with Gasteiger partial charge >= 0.3 is 0 Å². The van der Waals surface area contributed by atoms with Crippen LogP contribution in [-0.2, 0) is 6.54 Å². The Kier molecular flexibility index (Phi) is 3.61. The predicted octanol–water partition coefficient (Wildman–Crippen LogP) is 0.809. The molecule has 2 aromatic heterocycles. The Morgan fingerprint density at radius 3 is 2.68 bits per heavy atom.